The van der Waals surface area contributed by atoms with E-state index in [9.17, 15) is 4.79 Å². The van der Waals surface area contributed by atoms with E-state index in [4.69, 9.17) is 14.6 Å². The van der Waals surface area contributed by atoms with Crippen LogP contribution in [0.3, 0.4) is 0 Å². The molecule has 2 unspecified atom stereocenters. The van der Waals surface area contributed by atoms with E-state index in [1.807, 2.05) is 31.2 Å². The van der Waals surface area contributed by atoms with Gasteiger partial charge in [0.05, 0.1) is 38.4 Å². The number of hydrogen-bond acceptors (Lipinski definition) is 4. The van der Waals surface area contributed by atoms with Crippen molar-refractivity contribution in [1.82, 2.24) is 4.90 Å². The van der Waals surface area contributed by atoms with Gasteiger partial charge in [-0.05, 0) is 25.1 Å². The van der Waals surface area contributed by atoms with E-state index < -0.39 is 0 Å². The molecule has 0 spiro atoms. The maximum absolute atomic E-state index is 12.2. The van der Waals surface area contributed by atoms with Crippen molar-refractivity contribution in [3.05, 3.63) is 28.7 Å². The van der Waals surface area contributed by atoms with Crippen LogP contribution in [-0.2, 0) is 9.53 Å². The van der Waals surface area contributed by atoms with Gasteiger partial charge in [0.25, 0.3) is 0 Å². The lowest BCUT2D eigenvalue weighted by Crippen LogP contribution is -2.52. The number of nitrogens with zero attached hydrogens (tertiary/aromatic N) is 1. The summed E-state index contributed by atoms with van der Waals surface area (Å²) >= 11 is 3.38. The van der Waals surface area contributed by atoms with Crippen LogP contribution in [-0.4, -0.2) is 54.4 Å². The third kappa shape index (κ3) is 4.69. The molecule has 2 atom stereocenters. The first-order valence-electron chi connectivity index (χ1n) is 7.00. The molecule has 0 saturated carbocycles. The second kappa shape index (κ2) is 7.77. The molecular weight excluding hydrogens is 338 g/mol. The number of halogens is 1. The summed E-state index contributed by atoms with van der Waals surface area (Å²) < 4.78 is 11.9. The summed E-state index contributed by atoms with van der Waals surface area (Å²) in [5.41, 5.74) is 0. The quantitative estimate of drug-likeness (QED) is 0.873. The van der Waals surface area contributed by atoms with Crippen molar-refractivity contribution in [1.29, 1.82) is 0 Å². The lowest BCUT2D eigenvalue weighted by atomic mass is 10.2. The SMILES string of the molecule is CC1COC(CO)CN1C(=O)CCOc1cccc(Br)c1. The highest BCUT2D eigenvalue weighted by Crippen LogP contribution is 2.18. The third-order valence-corrected chi connectivity index (χ3v) is 3.90. The normalized spacial score (nSPS) is 22.1. The predicted octanol–water partition coefficient (Wildman–Crippen LogP) is 1.83. The Hall–Kier alpha value is -1.11. The fourth-order valence-electron chi connectivity index (χ4n) is 2.23. The fourth-order valence-corrected chi connectivity index (χ4v) is 2.61. The molecule has 0 radical (unpaired) electrons. The monoisotopic (exact) mass is 357 g/mol. The maximum atomic E-state index is 12.2. The standard InChI is InChI=1S/C15H20BrNO4/c1-11-10-21-14(9-18)8-17(11)15(19)5-6-20-13-4-2-3-12(16)7-13/h2-4,7,11,14,18H,5-6,8-10H2,1H3. The van der Waals surface area contributed by atoms with E-state index >= 15 is 0 Å². The smallest absolute Gasteiger partial charge is 0.226 e. The summed E-state index contributed by atoms with van der Waals surface area (Å²) in [6.07, 6.45) is 0.0331. The van der Waals surface area contributed by atoms with Crippen molar-refractivity contribution in [3.63, 3.8) is 0 Å². The summed E-state index contributed by atoms with van der Waals surface area (Å²) in [6.45, 7) is 3.12. The van der Waals surface area contributed by atoms with Gasteiger partial charge < -0.3 is 19.5 Å². The first-order chi connectivity index (χ1) is 10.1. The van der Waals surface area contributed by atoms with Crippen LogP contribution in [0.25, 0.3) is 0 Å². The molecule has 1 aliphatic rings. The van der Waals surface area contributed by atoms with Crippen molar-refractivity contribution >= 4 is 21.8 Å². The minimum absolute atomic E-state index is 0.0271. The largest absolute Gasteiger partial charge is 0.493 e. The molecule has 116 valence electrons. The van der Waals surface area contributed by atoms with Gasteiger partial charge in [0.15, 0.2) is 0 Å². The Morgan fingerprint density at radius 3 is 3.10 bits per heavy atom. The van der Waals surface area contributed by atoms with Crippen LogP contribution in [0, 0.1) is 0 Å². The van der Waals surface area contributed by atoms with E-state index in [2.05, 4.69) is 15.9 Å². The van der Waals surface area contributed by atoms with Crippen LogP contribution in [0.15, 0.2) is 28.7 Å². The molecule has 1 saturated heterocycles. The minimum atomic E-state index is -0.281. The number of morpholine rings is 1. The molecule has 1 heterocycles. The third-order valence-electron chi connectivity index (χ3n) is 3.41. The number of aliphatic hydroxyl groups is 1. The molecule has 1 N–H and O–H groups in total. The van der Waals surface area contributed by atoms with Crippen molar-refractivity contribution in [2.24, 2.45) is 0 Å². The predicted molar refractivity (Wildman–Crippen MR) is 82.3 cm³/mol. The number of rotatable bonds is 5. The zero-order valence-electron chi connectivity index (χ0n) is 12.0. The number of aliphatic hydroxyl groups excluding tert-OH is 1. The summed E-state index contributed by atoms with van der Waals surface area (Å²) in [5, 5.41) is 9.14. The summed E-state index contributed by atoms with van der Waals surface area (Å²) in [5.74, 6) is 0.764. The van der Waals surface area contributed by atoms with Gasteiger partial charge in [0, 0.05) is 11.0 Å². The highest BCUT2D eigenvalue weighted by atomic mass is 79.9. The zero-order valence-corrected chi connectivity index (χ0v) is 13.6. The highest BCUT2D eigenvalue weighted by molar-refractivity contribution is 9.10. The summed E-state index contributed by atoms with van der Waals surface area (Å²) in [7, 11) is 0. The lowest BCUT2D eigenvalue weighted by molar-refractivity contribution is -0.146. The van der Waals surface area contributed by atoms with Crippen LogP contribution < -0.4 is 4.74 Å². The van der Waals surface area contributed by atoms with Crippen LogP contribution in [0.1, 0.15) is 13.3 Å². The van der Waals surface area contributed by atoms with Crippen molar-refractivity contribution in [2.45, 2.75) is 25.5 Å². The Balaban J connectivity index is 1.81. The van der Waals surface area contributed by atoms with E-state index in [0.29, 0.717) is 26.2 Å². The first kappa shape index (κ1) is 16.3. The molecule has 1 aromatic carbocycles. The molecule has 0 aliphatic carbocycles. The van der Waals surface area contributed by atoms with Gasteiger partial charge >= 0.3 is 0 Å². The number of hydrogen-bond donors (Lipinski definition) is 1. The van der Waals surface area contributed by atoms with E-state index in [1.165, 1.54) is 0 Å². The van der Waals surface area contributed by atoms with Gasteiger partial charge in [-0.25, -0.2) is 0 Å². The molecule has 1 aliphatic heterocycles. The molecule has 5 nitrogen and oxygen atoms in total. The Kier molecular flexibility index (Phi) is 6.02. The fraction of sp³-hybridized carbons (Fsp3) is 0.533. The lowest BCUT2D eigenvalue weighted by Gasteiger charge is -2.37. The molecular formula is C15H20BrNO4. The number of ether oxygens (including phenoxy) is 2. The van der Waals surface area contributed by atoms with Crippen molar-refractivity contribution < 1.29 is 19.4 Å². The maximum Gasteiger partial charge on any atom is 0.226 e. The zero-order chi connectivity index (χ0) is 15.2. The van der Waals surface area contributed by atoms with Gasteiger partial charge in [-0.15, -0.1) is 0 Å². The molecule has 1 amide bonds. The highest BCUT2D eigenvalue weighted by Gasteiger charge is 2.28. The van der Waals surface area contributed by atoms with E-state index in [0.717, 1.165) is 10.2 Å². The number of benzene rings is 1. The molecule has 0 bridgehead atoms. The van der Waals surface area contributed by atoms with Crippen LogP contribution in [0.2, 0.25) is 0 Å². The van der Waals surface area contributed by atoms with Crippen LogP contribution in [0.5, 0.6) is 5.75 Å². The molecule has 1 aromatic rings. The van der Waals surface area contributed by atoms with Crippen molar-refractivity contribution in [2.75, 3.05) is 26.4 Å². The van der Waals surface area contributed by atoms with Gasteiger partial charge in [-0.2, -0.15) is 0 Å². The van der Waals surface area contributed by atoms with E-state index in [-0.39, 0.29) is 24.7 Å². The molecule has 6 heteroatoms. The second-order valence-corrected chi connectivity index (χ2v) is 6.00. The van der Waals surface area contributed by atoms with Gasteiger partial charge in [-0.1, -0.05) is 22.0 Å². The van der Waals surface area contributed by atoms with E-state index in [1.54, 1.807) is 4.90 Å². The number of carbonyl (C=O) groups excluding carboxylic acids is 1. The average molecular weight is 358 g/mol. The second-order valence-electron chi connectivity index (χ2n) is 5.09. The molecule has 21 heavy (non-hydrogen) atoms. The number of amides is 1. The first-order valence-corrected chi connectivity index (χ1v) is 7.79. The topological polar surface area (TPSA) is 59.0 Å². The van der Waals surface area contributed by atoms with Gasteiger partial charge in [0.1, 0.15) is 5.75 Å². The van der Waals surface area contributed by atoms with Crippen molar-refractivity contribution in [3.8, 4) is 5.75 Å². The summed E-state index contributed by atoms with van der Waals surface area (Å²) in [6, 6.07) is 7.56. The Bertz CT molecular complexity index is 482. The summed E-state index contributed by atoms with van der Waals surface area (Å²) in [4.78, 5) is 14.0. The van der Waals surface area contributed by atoms with Gasteiger partial charge in [0.2, 0.25) is 5.91 Å². The molecule has 2 rings (SSSR count). The van der Waals surface area contributed by atoms with Crippen LogP contribution >= 0.6 is 15.9 Å². The Morgan fingerprint density at radius 2 is 2.38 bits per heavy atom. The van der Waals surface area contributed by atoms with Gasteiger partial charge in [-0.3, -0.25) is 4.79 Å². The minimum Gasteiger partial charge on any atom is -0.493 e. The van der Waals surface area contributed by atoms with Crippen LogP contribution in [0.4, 0.5) is 0 Å². The molecule has 0 aromatic heterocycles. The Morgan fingerprint density at radius 1 is 1.57 bits per heavy atom. The molecule has 1 fully saturated rings. The Labute approximate surface area is 133 Å². The number of carbonyl (C=O) groups is 1. The average Bonchev–Trinajstić information content (AvgIpc) is 2.47.